The first-order valence-corrected chi connectivity index (χ1v) is 20.3. The lowest BCUT2D eigenvalue weighted by molar-refractivity contribution is -0.254. The Hall–Kier alpha value is -2.30. The third-order valence-electron chi connectivity index (χ3n) is 16.5. The molecule has 12 atom stereocenters. The van der Waals surface area contributed by atoms with E-state index < -0.39 is 28.3 Å². The van der Waals surface area contributed by atoms with Crippen molar-refractivity contribution < 1.29 is 24.2 Å². The molecule has 0 spiro atoms. The van der Waals surface area contributed by atoms with Crippen LogP contribution in [-0.4, -0.2) is 69.8 Å². The van der Waals surface area contributed by atoms with Crippen LogP contribution < -0.4 is 11.1 Å². The van der Waals surface area contributed by atoms with Gasteiger partial charge < -0.3 is 25.6 Å². The minimum atomic E-state index is -0.657. The molecule has 0 unspecified atom stereocenters. The van der Waals surface area contributed by atoms with Gasteiger partial charge >= 0.3 is 5.97 Å². The summed E-state index contributed by atoms with van der Waals surface area (Å²) >= 11 is 0. The highest BCUT2D eigenvalue weighted by Gasteiger charge is 2.73. The Morgan fingerprint density at radius 2 is 1.83 bits per heavy atom. The molecule has 0 aromatic carbocycles. The monoisotopic (exact) mass is 724 g/mol. The summed E-state index contributed by atoms with van der Waals surface area (Å²) in [6.45, 7) is 26.5. The number of fused-ring (bicyclic) bond motifs is 3. The number of ether oxygens (including phenoxy) is 2. The van der Waals surface area contributed by atoms with Crippen molar-refractivity contribution in [2.45, 2.75) is 139 Å². The van der Waals surface area contributed by atoms with E-state index in [0.717, 1.165) is 38.5 Å². The van der Waals surface area contributed by atoms with E-state index in [-0.39, 0.29) is 52.1 Å². The van der Waals surface area contributed by atoms with E-state index >= 15 is 0 Å². The largest absolute Gasteiger partial charge is 0.481 e. The Labute approximate surface area is 312 Å². The second-order valence-corrected chi connectivity index (χ2v) is 19.8. The first-order chi connectivity index (χ1) is 24.2. The fraction of sp³-hybridized carbons (Fsp3) is 0.857. The third kappa shape index (κ3) is 5.65. The van der Waals surface area contributed by atoms with E-state index in [9.17, 15) is 14.7 Å². The molecule has 6 rings (SSSR count). The predicted octanol–water partition coefficient (Wildman–Crippen LogP) is 7.31. The zero-order valence-electron chi connectivity index (χ0n) is 34.1. The van der Waals surface area contributed by atoms with Crippen LogP contribution in [0.5, 0.6) is 0 Å². The van der Waals surface area contributed by atoms with E-state index in [1.165, 1.54) is 11.9 Å². The second-order valence-electron chi connectivity index (χ2n) is 19.8. The molecular formula is C42H69N5O5. The molecule has 2 bridgehead atoms. The van der Waals surface area contributed by atoms with Crippen LogP contribution in [0.3, 0.4) is 0 Å². The summed E-state index contributed by atoms with van der Waals surface area (Å²) < 4.78 is 15.9. The van der Waals surface area contributed by atoms with Crippen LogP contribution in [0.4, 0.5) is 0 Å². The van der Waals surface area contributed by atoms with Gasteiger partial charge in [0.15, 0.2) is 0 Å². The lowest BCUT2D eigenvalue weighted by Crippen LogP contribution is -2.70. The SMILES string of the molecule is CCCNC(=O)c1ncnn1[C@@H]1C[C@]2(C)COC[C@@]3(C4=CC[C@@]5(C)[C@H](C(=O)O)[C@@](C)([C@H](C)C(C)C)CC[C@]5(C)[C@H]4CC[C@H]23)[C@H]1OC[C@](C)(N)C(C)C. The molecule has 3 saturated carbocycles. The number of carbonyl (C=O) groups is 2. The van der Waals surface area contributed by atoms with Crippen LogP contribution in [0.15, 0.2) is 18.0 Å². The van der Waals surface area contributed by atoms with Crippen molar-refractivity contribution in [3.8, 4) is 0 Å². The lowest BCUT2D eigenvalue weighted by Gasteiger charge is -2.71. The minimum absolute atomic E-state index is 0.177. The van der Waals surface area contributed by atoms with Gasteiger partial charge in [-0.25, -0.2) is 9.67 Å². The number of nitrogens with one attached hydrogen (secondary N) is 1. The summed E-state index contributed by atoms with van der Waals surface area (Å²) in [5.41, 5.74) is 6.08. The summed E-state index contributed by atoms with van der Waals surface area (Å²) in [4.78, 5) is 31.7. The van der Waals surface area contributed by atoms with Crippen molar-refractivity contribution in [1.29, 1.82) is 0 Å². The molecule has 1 saturated heterocycles. The highest BCUT2D eigenvalue weighted by molar-refractivity contribution is 5.90. The van der Waals surface area contributed by atoms with E-state index in [1.54, 1.807) is 0 Å². The number of aliphatic carboxylic acids is 1. The van der Waals surface area contributed by atoms with Gasteiger partial charge in [-0.15, -0.1) is 0 Å². The number of aromatic nitrogens is 3. The predicted molar refractivity (Wildman–Crippen MR) is 202 cm³/mol. The molecule has 292 valence electrons. The number of carboxylic acids is 1. The Balaban J connectivity index is 1.52. The molecule has 4 N–H and O–H groups in total. The van der Waals surface area contributed by atoms with Crippen molar-refractivity contribution in [2.75, 3.05) is 26.4 Å². The van der Waals surface area contributed by atoms with Gasteiger partial charge in [0, 0.05) is 17.5 Å². The maximum Gasteiger partial charge on any atom is 0.307 e. The topological polar surface area (TPSA) is 142 Å². The molecule has 1 aliphatic heterocycles. The fourth-order valence-corrected chi connectivity index (χ4v) is 12.5. The summed E-state index contributed by atoms with van der Waals surface area (Å²) in [5, 5.41) is 19.0. The Kier molecular flexibility index (Phi) is 10.2. The van der Waals surface area contributed by atoms with Crippen molar-refractivity contribution in [3.05, 3.63) is 23.8 Å². The lowest BCUT2D eigenvalue weighted by atomic mass is 9.34. The van der Waals surface area contributed by atoms with Gasteiger partial charge in [0.2, 0.25) is 5.82 Å². The third-order valence-corrected chi connectivity index (χ3v) is 16.5. The average Bonchev–Trinajstić information content (AvgIpc) is 3.56. The molecule has 4 aliphatic carbocycles. The molecule has 52 heavy (non-hydrogen) atoms. The molecule has 10 heteroatoms. The number of nitrogens with two attached hydrogens (primary N) is 1. The standard InChI is InChI=1S/C42H69N5O5/c1-12-19-44-35(48)34-45-24-46-47(34)30-20-37(7)21-51-23-42(33(30)52-22-41(11,43)26(4)5)29-15-16-40(10)32(36(49)50)38(8,27(6)25(2)3)17-18-39(40,9)28(29)13-14-31(37)42/h15,24-28,30-33H,12-14,16-23,43H2,1-11H3,(H,44,48)(H,49,50)/t27-,28+,30-,31-,32-,33+,37-,38-,39-,40+,41+,42+/m1/s1. The van der Waals surface area contributed by atoms with Crippen LogP contribution in [0.25, 0.3) is 0 Å². The first kappa shape index (κ1) is 39.4. The Morgan fingerprint density at radius 3 is 2.46 bits per heavy atom. The molecule has 0 radical (unpaired) electrons. The van der Waals surface area contributed by atoms with Crippen molar-refractivity contribution in [3.63, 3.8) is 0 Å². The van der Waals surface area contributed by atoms with E-state index in [4.69, 9.17) is 20.3 Å². The molecule has 4 fully saturated rings. The molecule has 5 aliphatic rings. The van der Waals surface area contributed by atoms with Gasteiger partial charge in [-0.3, -0.25) is 9.59 Å². The number of rotatable bonds is 11. The van der Waals surface area contributed by atoms with Crippen LogP contribution in [0.1, 0.15) is 138 Å². The van der Waals surface area contributed by atoms with Crippen molar-refractivity contribution >= 4 is 11.9 Å². The van der Waals surface area contributed by atoms with Crippen LogP contribution in [0, 0.1) is 62.6 Å². The number of allylic oxidation sites excluding steroid dienone is 1. The quantitative estimate of drug-likeness (QED) is 0.202. The normalized spacial score (nSPS) is 41.7. The first-order valence-electron chi connectivity index (χ1n) is 20.3. The number of hydrogen-bond donors (Lipinski definition) is 3. The molecule has 2 heterocycles. The molecule has 1 aromatic rings. The van der Waals surface area contributed by atoms with Crippen molar-refractivity contribution in [1.82, 2.24) is 20.1 Å². The summed E-state index contributed by atoms with van der Waals surface area (Å²) in [6, 6.07) is -0.271. The van der Waals surface area contributed by atoms with Gasteiger partial charge in [0.1, 0.15) is 6.33 Å². The summed E-state index contributed by atoms with van der Waals surface area (Å²) in [5.74, 6) is 0.279. The smallest absolute Gasteiger partial charge is 0.307 e. The molecular weight excluding hydrogens is 654 g/mol. The zero-order valence-corrected chi connectivity index (χ0v) is 34.1. The van der Waals surface area contributed by atoms with Gasteiger partial charge in [0.25, 0.3) is 5.91 Å². The van der Waals surface area contributed by atoms with Crippen LogP contribution >= 0.6 is 0 Å². The summed E-state index contributed by atoms with van der Waals surface area (Å²) in [6.07, 6.45) is 9.75. The zero-order chi connectivity index (χ0) is 38.2. The average molecular weight is 724 g/mol. The number of amides is 1. The number of carboxylic acid groups (broad SMARTS) is 1. The van der Waals surface area contributed by atoms with E-state index in [0.29, 0.717) is 50.4 Å². The van der Waals surface area contributed by atoms with E-state index in [2.05, 4.69) is 85.6 Å². The highest BCUT2D eigenvalue weighted by Crippen LogP contribution is 2.75. The van der Waals surface area contributed by atoms with E-state index in [1.807, 2.05) is 11.6 Å². The van der Waals surface area contributed by atoms with Gasteiger partial charge in [-0.05, 0) is 103 Å². The van der Waals surface area contributed by atoms with Crippen LogP contribution in [-0.2, 0) is 14.3 Å². The van der Waals surface area contributed by atoms with Gasteiger partial charge in [-0.1, -0.05) is 80.9 Å². The number of hydrogen-bond acceptors (Lipinski definition) is 7. The van der Waals surface area contributed by atoms with Crippen LogP contribution in [0.2, 0.25) is 0 Å². The fourth-order valence-electron chi connectivity index (χ4n) is 12.5. The highest BCUT2D eigenvalue weighted by atomic mass is 16.5. The molecule has 1 amide bonds. The molecule has 10 nitrogen and oxygen atoms in total. The van der Waals surface area contributed by atoms with Crippen molar-refractivity contribution in [2.24, 2.45) is 68.3 Å². The maximum absolute atomic E-state index is 13.6. The van der Waals surface area contributed by atoms with Gasteiger partial charge in [-0.2, -0.15) is 5.10 Å². The minimum Gasteiger partial charge on any atom is -0.481 e. The van der Waals surface area contributed by atoms with Gasteiger partial charge in [0.05, 0.1) is 37.9 Å². The maximum atomic E-state index is 13.6. The second kappa shape index (κ2) is 13.5. The number of nitrogens with zero attached hydrogens (tertiary/aromatic N) is 3. The Bertz CT molecular complexity index is 1550. The molecule has 1 aromatic heterocycles. The summed E-state index contributed by atoms with van der Waals surface area (Å²) in [7, 11) is 0. The number of carbonyl (C=O) groups excluding carboxylic acids is 1. The Morgan fingerprint density at radius 1 is 1.12 bits per heavy atom.